The molecule has 2 heteroatoms. The van der Waals surface area contributed by atoms with Gasteiger partial charge in [0.25, 0.3) is 0 Å². The minimum atomic E-state index is -0.204. The molecule has 0 saturated carbocycles. The average molecular weight is 251 g/mol. The van der Waals surface area contributed by atoms with E-state index in [0.717, 1.165) is 23.5 Å². The van der Waals surface area contributed by atoms with E-state index in [9.17, 15) is 0 Å². The Morgan fingerprint density at radius 1 is 1.00 bits per heavy atom. The van der Waals surface area contributed by atoms with Gasteiger partial charge in [-0.15, -0.1) is 0 Å². The van der Waals surface area contributed by atoms with Gasteiger partial charge < -0.3 is 10.2 Å². The van der Waals surface area contributed by atoms with Gasteiger partial charge in [0.1, 0.15) is 11.5 Å². The van der Waals surface area contributed by atoms with Crippen LogP contribution < -0.4 is 5.73 Å². The summed E-state index contributed by atoms with van der Waals surface area (Å²) < 4.78 is 5.74. The molecule has 0 aliphatic rings. The highest BCUT2D eigenvalue weighted by Crippen LogP contribution is 2.25. The SMILES string of the molecule is CCc1ccc(C(N)c2ccc3ccccc3c2)o1. The van der Waals surface area contributed by atoms with Gasteiger partial charge in [-0.2, -0.15) is 0 Å². The number of furan rings is 1. The summed E-state index contributed by atoms with van der Waals surface area (Å²) >= 11 is 0. The van der Waals surface area contributed by atoms with E-state index in [1.807, 2.05) is 24.3 Å². The molecule has 2 N–H and O–H groups in total. The molecule has 19 heavy (non-hydrogen) atoms. The second-order valence-corrected chi connectivity index (χ2v) is 4.74. The van der Waals surface area contributed by atoms with E-state index in [1.165, 1.54) is 10.8 Å². The number of rotatable bonds is 3. The number of hydrogen-bond acceptors (Lipinski definition) is 2. The molecule has 3 rings (SSSR count). The van der Waals surface area contributed by atoms with Crippen LogP contribution in [-0.4, -0.2) is 0 Å². The van der Waals surface area contributed by atoms with E-state index < -0.39 is 0 Å². The zero-order valence-corrected chi connectivity index (χ0v) is 11.0. The summed E-state index contributed by atoms with van der Waals surface area (Å²) in [7, 11) is 0. The van der Waals surface area contributed by atoms with Crippen molar-refractivity contribution in [1.82, 2.24) is 0 Å². The zero-order valence-electron chi connectivity index (χ0n) is 11.0. The van der Waals surface area contributed by atoms with Crippen molar-refractivity contribution >= 4 is 10.8 Å². The van der Waals surface area contributed by atoms with Gasteiger partial charge in [-0.1, -0.05) is 43.3 Å². The molecule has 0 fully saturated rings. The normalized spacial score (nSPS) is 12.7. The summed E-state index contributed by atoms with van der Waals surface area (Å²) in [6.45, 7) is 2.07. The van der Waals surface area contributed by atoms with Gasteiger partial charge in [0.05, 0.1) is 6.04 Å². The van der Waals surface area contributed by atoms with Crippen LogP contribution in [0.4, 0.5) is 0 Å². The summed E-state index contributed by atoms with van der Waals surface area (Å²) in [4.78, 5) is 0. The van der Waals surface area contributed by atoms with Crippen molar-refractivity contribution in [3.63, 3.8) is 0 Å². The summed E-state index contributed by atoms with van der Waals surface area (Å²) in [6.07, 6.45) is 0.893. The van der Waals surface area contributed by atoms with E-state index in [-0.39, 0.29) is 6.04 Å². The first-order chi connectivity index (χ1) is 9.28. The second-order valence-electron chi connectivity index (χ2n) is 4.74. The molecule has 1 atom stereocenters. The molecule has 96 valence electrons. The molecule has 0 aliphatic carbocycles. The monoisotopic (exact) mass is 251 g/mol. The largest absolute Gasteiger partial charge is 0.464 e. The van der Waals surface area contributed by atoms with Crippen LogP contribution in [0.1, 0.15) is 30.0 Å². The number of aryl methyl sites for hydroxylation is 1. The van der Waals surface area contributed by atoms with Crippen molar-refractivity contribution in [2.24, 2.45) is 5.73 Å². The van der Waals surface area contributed by atoms with Crippen molar-refractivity contribution < 1.29 is 4.42 Å². The molecule has 3 aromatic rings. The van der Waals surface area contributed by atoms with Crippen LogP contribution in [0.5, 0.6) is 0 Å². The van der Waals surface area contributed by atoms with Crippen molar-refractivity contribution in [3.05, 3.63) is 71.7 Å². The third kappa shape index (κ3) is 2.27. The van der Waals surface area contributed by atoms with Crippen LogP contribution in [0.3, 0.4) is 0 Å². The van der Waals surface area contributed by atoms with Crippen LogP contribution in [0.15, 0.2) is 59.0 Å². The first-order valence-electron chi connectivity index (χ1n) is 6.61. The fraction of sp³-hybridized carbons (Fsp3) is 0.176. The summed E-state index contributed by atoms with van der Waals surface area (Å²) in [5.74, 6) is 1.80. The maximum Gasteiger partial charge on any atom is 0.125 e. The average Bonchev–Trinajstić information content (AvgIpc) is 2.95. The van der Waals surface area contributed by atoms with Gasteiger partial charge in [-0.3, -0.25) is 0 Å². The quantitative estimate of drug-likeness (QED) is 0.763. The molecule has 0 spiro atoms. The van der Waals surface area contributed by atoms with Gasteiger partial charge in [0, 0.05) is 6.42 Å². The smallest absolute Gasteiger partial charge is 0.125 e. The van der Waals surface area contributed by atoms with Gasteiger partial charge in [-0.05, 0) is 34.5 Å². The Bertz CT molecular complexity index is 699. The lowest BCUT2D eigenvalue weighted by atomic mass is 10.0. The van der Waals surface area contributed by atoms with Crippen LogP contribution in [0.2, 0.25) is 0 Å². The van der Waals surface area contributed by atoms with Crippen molar-refractivity contribution in [2.45, 2.75) is 19.4 Å². The van der Waals surface area contributed by atoms with Crippen LogP contribution in [-0.2, 0) is 6.42 Å². The molecule has 2 nitrogen and oxygen atoms in total. The predicted molar refractivity (Wildman–Crippen MR) is 78.1 cm³/mol. The molecule has 0 radical (unpaired) electrons. The standard InChI is InChI=1S/C17H17NO/c1-2-15-9-10-16(19-15)17(18)14-8-7-12-5-3-4-6-13(12)11-14/h3-11,17H,2,18H2,1H3. The predicted octanol–water partition coefficient (Wildman–Crippen LogP) is 4.04. The molecular formula is C17H17NO. The van der Waals surface area contributed by atoms with Crippen molar-refractivity contribution in [1.29, 1.82) is 0 Å². The van der Waals surface area contributed by atoms with Crippen molar-refractivity contribution in [2.75, 3.05) is 0 Å². The topological polar surface area (TPSA) is 39.2 Å². The lowest BCUT2D eigenvalue weighted by Gasteiger charge is -2.10. The van der Waals surface area contributed by atoms with Crippen LogP contribution in [0, 0.1) is 0 Å². The van der Waals surface area contributed by atoms with E-state index in [0.29, 0.717) is 0 Å². The van der Waals surface area contributed by atoms with Gasteiger partial charge in [0.15, 0.2) is 0 Å². The maximum absolute atomic E-state index is 6.28. The Balaban J connectivity index is 1.98. The first kappa shape index (κ1) is 12.0. The Morgan fingerprint density at radius 3 is 2.53 bits per heavy atom. The molecule has 1 heterocycles. The second kappa shape index (κ2) is 4.90. The molecule has 0 aliphatic heterocycles. The number of benzene rings is 2. The van der Waals surface area contributed by atoms with Gasteiger partial charge in [0.2, 0.25) is 0 Å². The Kier molecular flexibility index (Phi) is 3.10. The summed E-state index contributed by atoms with van der Waals surface area (Å²) in [6, 6.07) is 18.4. The van der Waals surface area contributed by atoms with E-state index >= 15 is 0 Å². The lowest BCUT2D eigenvalue weighted by Crippen LogP contribution is -2.10. The zero-order chi connectivity index (χ0) is 13.2. The molecular weight excluding hydrogens is 234 g/mol. The maximum atomic E-state index is 6.28. The molecule has 0 amide bonds. The highest BCUT2D eigenvalue weighted by atomic mass is 16.3. The minimum Gasteiger partial charge on any atom is -0.464 e. The third-order valence-corrected chi connectivity index (χ3v) is 3.47. The highest BCUT2D eigenvalue weighted by molar-refractivity contribution is 5.83. The van der Waals surface area contributed by atoms with E-state index in [1.54, 1.807) is 0 Å². The lowest BCUT2D eigenvalue weighted by molar-refractivity contribution is 0.454. The van der Waals surface area contributed by atoms with E-state index in [2.05, 4.69) is 37.3 Å². The molecule has 1 aromatic heterocycles. The first-order valence-corrected chi connectivity index (χ1v) is 6.61. The Labute approximate surface area is 112 Å². The summed E-state index contributed by atoms with van der Waals surface area (Å²) in [5, 5.41) is 2.44. The van der Waals surface area contributed by atoms with Crippen molar-refractivity contribution in [3.8, 4) is 0 Å². The molecule has 0 saturated heterocycles. The minimum absolute atomic E-state index is 0.204. The number of fused-ring (bicyclic) bond motifs is 1. The van der Waals surface area contributed by atoms with Gasteiger partial charge >= 0.3 is 0 Å². The number of nitrogens with two attached hydrogens (primary N) is 1. The summed E-state index contributed by atoms with van der Waals surface area (Å²) in [5.41, 5.74) is 7.36. The molecule has 2 aromatic carbocycles. The Hall–Kier alpha value is -2.06. The molecule has 1 unspecified atom stereocenters. The fourth-order valence-corrected chi connectivity index (χ4v) is 2.32. The van der Waals surface area contributed by atoms with Crippen LogP contribution in [0.25, 0.3) is 10.8 Å². The van der Waals surface area contributed by atoms with Gasteiger partial charge in [-0.25, -0.2) is 0 Å². The molecule has 0 bridgehead atoms. The van der Waals surface area contributed by atoms with Crippen LogP contribution >= 0.6 is 0 Å². The highest BCUT2D eigenvalue weighted by Gasteiger charge is 2.13. The Morgan fingerprint density at radius 2 is 1.79 bits per heavy atom. The fourth-order valence-electron chi connectivity index (χ4n) is 2.32. The van der Waals surface area contributed by atoms with E-state index in [4.69, 9.17) is 10.2 Å². The third-order valence-electron chi connectivity index (χ3n) is 3.47. The number of hydrogen-bond donors (Lipinski definition) is 1.